The number of anilines is 3. The SMILES string of the molecule is Cc1nn(C2(CC#N)CN(c3cccn4nc(Nc5cnn(CC(=O)N6CCN(C)CC6)c5)nc34)C2)cc1-c1ccccc1. The molecule has 1 amide bonds. The largest absolute Gasteiger partial charge is 0.363 e. The molecule has 1 N–H and O–H groups in total. The van der Waals surface area contributed by atoms with Gasteiger partial charge in [0.2, 0.25) is 11.9 Å². The Morgan fingerprint density at radius 2 is 1.84 bits per heavy atom. The zero-order chi connectivity index (χ0) is 30.3. The number of aromatic nitrogens is 7. The van der Waals surface area contributed by atoms with E-state index >= 15 is 0 Å². The third-order valence-electron chi connectivity index (χ3n) is 8.57. The highest BCUT2D eigenvalue weighted by Gasteiger charge is 2.46. The summed E-state index contributed by atoms with van der Waals surface area (Å²) in [6, 6.07) is 16.6. The zero-order valence-electron chi connectivity index (χ0n) is 24.8. The molecular formula is C31H34N12O. The number of fused-ring (bicyclic) bond motifs is 1. The maximum Gasteiger partial charge on any atom is 0.247 e. The van der Waals surface area contributed by atoms with Crippen LogP contribution in [0.25, 0.3) is 16.8 Å². The number of carbonyl (C=O) groups excluding carboxylic acids is 1. The number of rotatable bonds is 8. The lowest BCUT2D eigenvalue weighted by Gasteiger charge is -2.50. The lowest BCUT2D eigenvalue weighted by atomic mass is 9.86. The van der Waals surface area contributed by atoms with Gasteiger partial charge in [-0.1, -0.05) is 30.3 Å². The zero-order valence-corrected chi connectivity index (χ0v) is 24.8. The Morgan fingerprint density at radius 1 is 1.05 bits per heavy atom. The van der Waals surface area contributed by atoms with Crippen molar-refractivity contribution in [3.8, 4) is 17.2 Å². The summed E-state index contributed by atoms with van der Waals surface area (Å²) in [6.45, 7) is 6.69. The number of pyridine rings is 1. The van der Waals surface area contributed by atoms with Gasteiger partial charge < -0.3 is 20.0 Å². The smallest absolute Gasteiger partial charge is 0.247 e. The van der Waals surface area contributed by atoms with Crippen LogP contribution >= 0.6 is 0 Å². The summed E-state index contributed by atoms with van der Waals surface area (Å²) < 4.78 is 5.36. The van der Waals surface area contributed by atoms with E-state index in [1.165, 1.54) is 0 Å². The normalized spacial score (nSPS) is 16.6. The first-order valence-corrected chi connectivity index (χ1v) is 14.8. The van der Waals surface area contributed by atoms with E-state index in [-0.39, 0.29) is 12.5 Å². The number of carbonyl (C=O) groups is 1. The molecule has 0 bridgehead atoms. The average molecular weight is 591 g/mol. The van der Waals surface area contributed by atoms with Gasteiger partial charge in [0.25, 0.3) is 0 Å². The molecule has 2 aliphatic heterocycles. The van der Waals surface area contributed by atoms with E-state index in [4.69, 9.17) is 10.1 Å². The first-order chi connectivity index (χ1) is 21.4. The molecule has 0 radical (unpaired) electrons. The molecule has 0 saturated carbocycles. The topological polar surface area (TPSA) is 128 Å². The minimum Gasteiger partial charge on any atom is -0.363 e. The Kier molecular flexibility index (Phi) is 6.98. The Bertz CT molecular complexity index is 1830. The fourth-order valence-corrected chi connectivity index (χ4v) is 6.05. The van der Waals surface area contributed by atoms with E-state index in [9.17, 15) is 10.1 Å². The molecule has 0 spiro atoms. The minimum atomic E-state index is -0.434. The number of nitrogens with one attached hydrogen (secondary N) is 1. The van der Waals surface area contributed by atoms with Crippen LogP contribution in [0.1, 0.15) is 12.1 Å². The second-order valence-corrected chi connectivity index (χ2v) is 11.7. The summed E-state index contributed by atoms with van der Waals surface area (Å²) in [6.07, 6.45) is 7.74. The Balaban J connectivity index is 1.06. The maximum absolute atomic E-state index is 12.7. The average Bonchev–Trinajstić information content (AvgIpc) is 3.74. The van der Waals surface area contributed by atoms with Crippen LogP contribution in [0.5, 0.6) is 0 Å². The molecule has 0 atom stereocenters. The van der Waals surface area contributed by atoms with Gasteiger partial charge in [0, 0.05) is 63.4 Å². The van der Waals surface area contributed by atoms with Crippen molar-refractivity contribution >= 4 is 28.9 Å². The first kappa shape index (κ1) is 27.6. The van der Waals surface area contributed by atoms with Crippen molar-refractivity contribution in [3.63, 3.8) is 0 Å². The molecule has 2 saturated heterocycles. The van der Waals surface area contributed by atoms with Gasteiger partial charge in [-0.2, -0.15) is 20.4 Å². The van der Waals surface area contributed by atoms with Gasteiger partial charge in [0.1, 0.15) is 12.1 Å². The fraction of sp³-hybridized carbons (Fsp3) is 0.355. The number of piperazine rings is 1. The molecule has 13 nitrogen and oxygen atoms in total. The number of likely N-dealkylation sites (N-methyl/N-ethyl adjacent to an activating group) is 1. The molecule has 6 heterocycles. The number of nitrogens with zero attached hydrogens (tertiary/aromatic N) is 11. The Hall–Kier alpha value is -5.22. The van der Waals surface area contributed by atoms with Gasteiger partial charge in [-0.3, -0.25) is 14.2 Å². The number of aryl methyl sites for hydroxylation is 1. The van der Waals surface area contributed by atoms with E-state index in [0.717, 1.165) is 48.7 Å². The molecule has 1 aromatic carbocycles. The van der Waals surface area contributed by atoms with Crippen LogP contribution in [-0.4, -0.2) is 96.2 Å². The lowest BCUT2D eigenvalue weighted by Crippen LogP contribution is -2.63. The number of hydrogen-bond acceptors (Lipinski definition) is 9. The number of amides is 1. The van der Waals surface area contributed by atoms with E-state index < -0.39 is 5.54 Å². The predicted molar refractivity (Wildman–Crippen MR) is 165 cm³/mol. The first-order valence-electron chi connectivity index (χ1n) is 14.8. The molecule has 224 valence electrons. The molecule has 2 aliphatic rings. The van der Waals surface area contributed by atoms with Crippen LogP contribution in [-0.2, 0) is 16.9 Å². The van der Waals surface area contributed by atoms with Gasteiger partial charge in [0.15, 0.2) is 5.65 Å². The summed E-state index contributed by atoms with van der Waals surface area (Å²) >= 11 is 0. The minimum absolute atomic E-state index is 0.0619. The summed E-state index contributed by atoms with van der Waals surface area (Å²) in [7, 11) is 2.07. The van der Waals surface area contributed by atoms with Crippen LogP contribution in [0.2, 0.25) is 0 Å². The molecular weight excluding hydrogens is 556 g/mol. The van der Waals surface area contributed by atoms with Gasteiger partial charge in [-0.05, 0) is 31.7 Å². The summed E-state index contributed by atoms with van der Waals surface area (Å²) in [5, 5.41) is 26.8. The molecule has 2 fully saturated rings. The summed E-state index contributed by atoms with van der Waals surface area (Å²) in [4.78, 5) is 23.8. The third-order valence-corrected chi connectivity index (χ3v) is 8.57. The highest BCUT2D eigenvalue weighted by atomic mass is 16.2. The molecule has 5 aromatic rings. The van der Waals surface area contributed by atoms with Crippen molar-refractivity contribution in [1.82, 2.24) is 44.0 Å². The molecule has 4 aromatic heterocycles. The molecule has 0 aliphatic carbocycles. The van der Waals surface area contributed by atoms with Crippen molar-refractivity contribution in [3.05, 3.63) is 72.9 Å². The molecule has 7 rings (SSSR count). The number of hydrogen-bond donors (Lipinski definition) is 1. The van der Waals surface area contributed by atoms with Gasteiger partial charge in [-0.15, -0.1) is 5.10 Å². The van der Waals surface area contributed by atoms with Crippen LogP contribution < -0.4 is 10.2 Å². The van der Waals surface area contributed by atoms with E-state index in [1.54, 1.807) is 21.6 Å². The Labute approximate surface area is 254 Å². The maximum atomic E-state index is 12.7. The molecule has 44 heavy (non-hydrogen) atoms. The van der Waals surface area contributed by atoms with Crippen molar-refractivity contribution in [2.75, 3.05) is 56.5 Å². The fourth-order valence-electron chi connectivity index (χ4n) is 6.05. The second-order valence-electron chi connectivity index (χ2n) is 11.7. The standard InChI is InChI=1S/C31H34N12O/c1-23-26(24-7-4-3-5-8-24)19-43(36-23)31(10-11-32)21-40(22-31)27-9-6-12-42-29(27)35-30(37-42)34-25-17-33-41(18-25)20-28(44)39-15-13-38(2)14-16-39/h3-9,12,17-19H,10,13-16,20-22H2,1-2H3,(H,34,37). The lowest BCUT2D eigenvalue weighted by molar-refractivity contribution is -0.133. The van der Waals surface area contributed by atoms with Crippen molar-refractivity contribution in [1.29, 1.82) is 5.26 Å². The summed E-state index contributed by atoms with van der Waals surface area (Å²) in [5.74, 6) is 0.494. The highest BCUT2D eigenvalue weighted by Crippen LogP contribution is 2.38. The Morgan fingerprint density at radius 3 is 2.61 bits per heavy atom. The van der Waals surface area contributed by atoms with E-state index in [1.807, 2.05) is 53.0 Å². The van der Waals surface area contributed by atoms with Crippen LogP contribution in [0.3, 0.4) is 0 Å². The second kappa shape index (κ2) is 11.1. The number of benzene rings is 1. The number of nitriles is 1. The van der Waals surface area contributed by atoms with E-state index in [0.29, 0.717) is 36.8 Å². The van der Waals surface area contributed by atoms with Gasteiger partial charge >= 0.3 is 0 Å². The third kappa shape index (κ3) is 5.13. The van der Waals surface area contributed by atoms with Gasteiger partial charge in [0.05, 0.1) is 35.8 Å². The van der Waals surface area contributed by atoms with E-state index in [2.05, 4.69) is 56.8 Å². The van der Waals surface area contributed by atoms with Crippen LogP contribution in [0.4, 0.5) is 17.3 Å². The summed E-state index contributed by atoms with van der Waals surface area (Å²) in [5.41, 5.74) is 5.03. The van der Waals surface area contributed by atoms with Gasteiger partial charge in [-0.25, -0.2) is 4.52 Å². The van der Waals surface area contributed by atoms with Crippen molar-refractivity contribution in [2.24, 2.45) is 0 Å². The molecule has 13 heteroatoms. The van der Waals surface area contributed by atoms with Crippen LogP contribution in [0.15, 0.2) is 67.3 Å². The van der Waals surface area contributed by atoms with Crippen molar-refractivity contribution < 1.29 is 4.79 Å². The predicted octanol–water partition coefficient (Wildman–Crippen LogP) is 2.74. The quantitative estimate of drug-likeness (QED) is 0.290. The monoisotopic (exact) mass is 590 g/mol. The van der Waals surface area contributed by atoms with Crippen molar-refractivity contribution in [2.45, 2.75) is 25.4 Å². The molecule has 0 unspecified atom stereocenters. The highest BCUT2D eigenvalue weighted by molar-refractivity contribution is 5.76. The van der Waals surface area contributed by atoms with Crippen LogP contribution in [0, 0.1) is 18.3 Å².